The minimum Gasteiger partial charge on any atom is -0.455 e. The van der Waals surface area contributed by atoms with E-state index in [-0.39, 0.29) is 5.78 Å². The van der Waals surface area contributed by atoms with E-state index in [1.807, 2.05) is 6.92 Å². The molecule has 0 atom stereocenters. The zero-order valence-corrected chi connectivity index (χ0v) is 21.7. The Bertz CT molecular complexity index is 1380. The van der Waals surface area contributed by atoms with Gasteiger partial charge in [-0.05, 0) is 91.3 Å². The Morgan fingerprint density at radius 1 is 0.971 bits per heavy atom. The van der Waals surface area contributed by atoms with E-state index in [4.69, 9.17) is 4.42 Å². The lowest BCUT2D eigenvalue weighted by atomic mass is 9.91. The summed E-state index contributed by atoms with van der Waals surface area (Å²) in [5.74, 6) is 2.02. The van der Waals surface area contributed by atoms with E-state index >= 15 is 0 Å². The summed E-state index contributed by atoms with van der Waals surface area (Å²) in [6.45, 7) is 10.7. The highest BCUT2D eigenvalue weighted by Crippen LogP contribution is 2.45. The molecule has 3 aromatic carbocycles. The maximum Gasteiger partial charge on any atom is 0.167 e. The highest BCUT2D eigenvalue weighted by atomic mass is 16.3. The molecule has 2 nitrogen and oxygen atoms in total. The van der Waals surface area contributed by atoms with Crippen LogP contribution in [0, 0.1) is 13.8 Å². The molecule has 0 spiro atoms. The van der Waals surface area contributed by atoms with E-state index in [1.165, 1.54) is 46.2 Å². The van der Waals surface area contributed by atoms with Gasteiger partial charge in [0.15, 0.2) is 5.78 Å². The van der Waals surface area contributed by atoms with Crippen LogP contribution in [-0.2, 0) is 12.8 Å². The number of fused-ring (bicyclic) bond motifs is 1. The quantitative estimate of drug-likeness (QED) is 0.243. The van der Waals surface area contributed by atoms with Crippen LogP contribution in [0.2, 0.25) is 0 Å². The van der Waals surface area contributed by atoms with E-state index in [2.05, 4.69) is 82.3 Å². The molecule has 0 radical (unpaired) electrons. The summed E-state index contributed by atoms with van der Waals surface area (Å²) < 4.78 is 6.44. The van der Waals surface area contributed by atoms with Gasteiger partial charge < -0.3 is 4.42 Å². The van der Waals surface area contributed by atoms with Crippen molar-refractivity contribution in [3.8, 4) is 11.3 Å². The van der Waals surface area contributed by atoms with Crippen LogP contribution < -0.4 is 0 Å². The molecule has 0 unspecified atom stereocenters. The molecule has 2 heteroatoms. The van der Waals surface area contributed by atoms with Gasteiger partial charge in [-0.3, -0.25) is 4.79 Å². The number of rotatable bonds is 8. The first kappa shape index (κ1) is 23.6. The number of ketones is 1. The number of benzene rings is 3. The third kappa shape index (κ3) is 4.72. The molecule has 0 amide bonds. The van der Waals surface area contributed by atoms with Crippen molar-refractivity contribution in [2.75, 3.05) is 0 Å². The van der Waals surface area contributed by atoms with Crippen molar-refractivity contribution in [1.29, 1.82) is 0 Å². The van der Waals surface area contributed by atoms with Crippen LogP contribution in [0.5, 0.6) is 0 Å². The van der Waals surface area contributed by atoms with Gasteiger partial charge in [0.25, 0.3) is 0 Å². The molecule has 35 heavy (non-hydrogen) atoms. The summed E-state index contributed by atoms with van der Waals surface area (Å²) in [7, 11) is 0. The minimum absolute atomic E-state index is 0.148. The zero-order chi connectivity index (χ0) is 24.7. The second kappa shape index (κ2) is 9.49. The van der Waals surface area contributed by atoms with Gasteiger partial charge in [0, 0.05) is 17.4 Å². The van der Waals surface area contributed by atoms with E-state index in [1.54, 1.807) is 0 Å². The van der Waals surface area contributed by atoms with Crippen molar-refractivity contribution in [3.05, 3.63) is 93.5 Å². The van der Waals surface area contributed by atoms with Crippen LogP contribution in [-0.4, -0.2) is 5.78 Å². The van der Waals surface area contributed by atoms with Crippen LogP contribution in [0.15, 0.2) is 59.0 Å². The molecule has 0 saturated heterocycles. The van der Waals surface area contributed by atoms with E-state index in [0.717, 1.165) is 34.9 Å². The van der Waals surface area contributed by atoms with Crippen molar-refractivity contribution >= 4 is 16.8 Å². The van der Waals surface area contributed by atoms with Gasteiger partial charge in [-0.25, -0.2) is 0 Å². The average molecular weight is 465 g/mol. The predicted molar refractivity (Wildman–Crippen MR) is 146 cm³/mol. The lowest BCUT2D eigenvalue weighted by molar-refractivity contribution is 0.0989. The number of hydrogen-bond acceptors (Lipinski definition) is 2. The highest BCUT2D eigenvalue weighted by Gasteiger charge is 2.29. The molecule has 0 aliphatic heterocycles. The average Bonchev–Trinajstić information content (AvgIpc) is 3.62. The Kier molecular flexibility index (Phi) is 6.40. The topological polar surface area (TPSA) is 30.2 Å². The fraction of sp³-hybridized carbons (Fsp3) is 0.364. The summed E-state index contributed by atoms with van der Waals surface area (Å²) in [6, 6.07) is 19.7. The fourth-order valence-electron chi connectivity index (χ4n) is 5.37. The molecule has 1 fully saturated rings. The molecular weight excluding hydrogens is 428 g/mol. The largest absolute Gasteiger partial charge is 0.455 e. The minimum atomic E-state index is 0.148. The number of carbonyl (C=O) groups excluding carboxylic acids is 1. The lowest BCUT2D eigenvalue weighted by Crippen LogP contribution is -2.00. The van der Waals surface area contributed by atoms with E-state index in [0.29, 0.717) is 24.0 Å². The van der Waals surface area contributed by atoms with Crippen molar-refractivity contribution in [2.24, 2.45) is 0 Å². The van der Waals surface area contributed by atoms with E-state index in [9.17, 15) is 4.79 Å². The van der Waals surface area contributed by atoms with Gasteiger partial charge >= 0.3 is 0 Å². The Morgan fingerprint density at radius 2 is 1.71 bits per heavy atom. The fourth-order valence-corrected chi connectivity index (χ4v) is 5.37. The molecule has 1 aromatic heterocycles. The summed E-state index contributed by atoms with van der Waals surface area (Å²) in [5.41, 5.74) is 10.7. The van der Waals surface area contributed by atoms with Crippen molar-refractivity contribution in [2.45, 2.75) is 78.6 Å². The third-order valence-corrected chi connectivity index (χ3v) is 7.52. The maximum atomic E-state index is 13.1. The zero-order valence-electron chi connectivity index (χ0n) is 21.7. The van der Waals surface area contributed by atoms with Crippen LogP contribution in [0.4, 0.5) is 0 Å². The lowest BCUT2D eigenvalue weighted by Gasteiger charge is -2.13. The maximum absolute atomic E-state index is 13.1. The SMILES string of the molecule is CCC(=O)c1c(-c2ccc(C)cc2)oc2cc(CCc3ccc(C(C)C)c(C)c3)c(C3CC3)cc12. The summed E-state index contributed by atoms with van der Waals surface area (Å²) in [5, 5.41) is 0.982. The molecule has 0 bridgehead atoms. The molecule has 1 aliphatic rings. The monoisotopic (exact) mass is 464 g/mol. The summed E-state index contributed by atoms with van der Waals surface area (Å²) in [4.78, 5) is 13.1. The predicted octanol–water partition coefficient (Wildman–Crippen LogP) is 9.10. The number of Topliss-reactive ketones (excluding diaryl/α,β-unsaturated/α-hetero) is 1. The standard InChI is InChI=1S/C33H36O2/c1-6-30(34)32-29-19-28(24-14-15-24)26(13-9-23-10-16-27(20(2)3)22(5)17-23)18-31(29)35-33(32)25-11-7-21(4)8-12-25/h7-8,10-12,16-20,24H,6,9,13-15H2,1-5H3. The number of carbonyl (C=O) groups is 1. The second-order valence-electron chi connectivity index (χ2n) is 10.6. The number of furan rings is 1. The van der Waals surface area contributed by atoms with Gasteiger partial charge in [-0.2, -0.15) is 0 Å². The first-order chi connectivity index (χ1) is 16.9. The Balaban J connectivity index is 1.55. The van der Waals surface area contributed by atoms with Crippen LogP contribution in [0.3, 0.4) is 0 Å². The van der Waals surface area contributed by atoms with Gasteiger partial charge in [0.05, 0.1) is 5.56 Å². The van der Waals surface area contributed by atoms with Gasteiger partial charge in [-0.1, -0.05) is 68.8 Å². The van der Waals surface area contributed by atoms with Crippen molar-refractivity contribution < 1.29 is 9.21 Å². The van der Waals surface area contributed by atoms with Crippen molar-refractivity contribution in [1.82, 2.24) is 0 Å². The molecule has 180 valence electrons. The summed E-state index contributed by atoms with van der Waals surface area (Å²) >= 11 is 0. The van der Waals surface area contributed by atoms with Crippen LogP contribution in [0.25, 0.3) is 22.3 Å². The van der Waals surface area contributed by atoms with Gasteiger partial charge in [0.2, 0.25) is 0 Å². The molecule has 1 aliphatic carbocycles. The van der Waals surface area contributed by atoms with Gasteiger partial charge in [0.1, 0.15) is 11.3 Å². The van der Waals surface area contributed by atoms with E-state index < -0.39 is 0 Å². The summed E-state index contributed by atoms with van der Waals surface area (Å²) in [6.07, 6.45) is 4.94. The number of hydrogen-bond donors (Lipinski definition) is 0. The van der Waals surface area contributed by atoms with Crippen LogP contribution in [0.1, 0.15) is 95.6 Å². The number of aryl methyl sites for hydroxylation is 4. The molecule has 5 rings (SSSR count). The Morgan fingerprint density at radius 3 is 2.34 bits per heavy atom. The van der Waals surface area contributed by atoms with Crippen molar-refractivity contribution in [3.63, 3.8) is 0 Å². The van der Waals surface area contributed by atoms with Crippen LogP contribution >= 0.6 is 0 Å². The molecule has 1 heterocycles. The first-order valence-electron chi connectivity index (χ1n) is 13.1. The Labute approximate surface area is 209 Å². The molecular formula is C33H36O2. The molecule has 1 saturated carbocycles. The molecule has 4 aromatic rings. The molecule has 0 N–H and O–H groups in total. The van der Waals surface area contributed by atoms with Gasteiger partial charge in [-0.15, -0.1) is 0 Å². The first-order valence-corrected chi connectivity index (χ1v) is 13.1. The highest BCUT2D eigenvalue weighted by molar-refractivity contribution is 6.12. The normalized spacial score (nSPS) is 13.7. The smallest absolute Gasteiger partial charge is 0.167 e. The Hall–Kier alpha value is -3.13. The second-order valence-corrected chi connectivity index (χ2v) is 10.6. The third-order valence-electron chi connectivity index (χ3n) is 7.52.